The standard InChI is InChI=1S/C17H27NO2/c1-5-13-11-18(3)12-16(20-6-2)17(13)14-7-9-15(19-4)10-8-14/h7-10,13,16-17H,5-6,11-12H2,1-4H3. The van der Waals surface area contributed by atoms with Crippen molar-refractivity contribution in [3.63, 3.8) is 0 Å². The van der Waals surface area contributed by atoms with Crippen molar-refractivity contribution in [2.24, 2.45) is 5.92 Å². The molecule has 0 bridgehead atoms. The van der Waals surface area contributed by atoms with Crippen LogP contribution in [-0.2, 0) is 4.74 Å². The predicted molar refractivity (Wildman–Crippen MR) is 82.4 cm³/mol. The Labute approximate surface area is 122 Å². The Balaban J connectivity index is 2.25. The molecule has 0 N–H and O–H groups in total. The van der Waals surface area contributed by atoms with Crippen molar-refractivity contribution in [2.45, 2.75) is 32.3 Å². The largest absolute Gasteiger partial charge is 0.497 e. The van der Waals surface area contributed by atoms with Crippen LogP contribution in [0.2, 0.25) is 0 Å². The molecule has 112 valence electrons. The summed E-state index contributed by atoms with van der Waals surface area (Å²) >= 11 is 0. The molecule has 1 aromatic carbocycles. The van der Waals surface area contributed by atoms with Gasteiger partial charge in [-0.05, 0) is 37.6 Å². The van der Waals surface area contributed by atoms with Crippen LogP contribution in [0.5, 0.6) is 5.75 Å². The van der Waals surface area contributed by atoms with Crippen LogP contribution in [-0.4, -0.2) is 44.9 Å². The minimum absolute atomic E-state index is 0.289. The van der Waals surface area contributed by atoms with E-state index in [0.29, 0.717) is 11.8 Å². The number of rotatable bonds is 5. The maximum Gasteiger partial charge on any atom is 0.118 e. The summed E-state index contributed by atoms with van der Waals surface area (Å²) in [5.74, 6) is 2.06. The molecule has 2 rings (SSSR count). The van der Waals surface area contributed by atoms with Gasteiger partial charge in [0.15, 0.2) is 0 Å². The van der Waals surface area contributed by atoms with Crippen molar-refractivity contribution >= 4 is 0 Å². The first-order chi connectivity index (χ1) is 9.69. The minimum Gasteiger partial charge on any atom is -0.497 e. The molecule has 3 heteroatoms. The van der Waals surface area contributed by atoms with Crippen molar-refractivity contribution < 1.29 is 9.47 Å². The van der Waals surface area contributed by atoms with E-state index >= 15 is 0 Å². The van der Waals surface area contributed by atoms with Crippen LogP contribution in [0.25, 0.3) is 0 Å². The van der Waals surface area contributed by atoms with Crippen molar-refractivity contribution in [2.75, 3.05) is 33.9 Å². The lowest BCUT2D eigenvalue weighted by atomic mass is 9.77. The van der Waals surface area contributed by atoms with Crippen LogP contribution in [0.4, 0.5) is 0 Å². The molecule has 0 aromatic heterocycles. The van der Waals surface area contributed by atoms with E-state index < -0.39 is 0 Å². The summed E-state index contributed by atoms with van der Waals surface area (Å²) < 4.78 is 11.3. The topological polar surface area (TPSA) is 21.7 Å². The highest BCUT2D eigenvalue weighted by Crippen LogP contribution is 2.36. The highest BCUT2D eigenvalue weighted by Gasteiger charge is 2.36. The van der Waals surface area contributed by atoms with Gasteiger partial charge in [-0.2, -0.15) is 0 Å². The fourth-order valence-electron chi connectivity index (χ4n) is 3.38. The van der Waals surface area contributed by atoms with Gasteiger partial charge in [-0.15, -0.1) is 0 Å². The zero-order valence-corrected chi connectivity index (χ0v) is 13.1. The normalized spacial score (nSPS) is 27.5. The van der Waals surface area contributed by atoms with Crippen LogP contribution >= 0.6 is 0 Å². The van der Waals surface area contributed by atoms with Gasteiger partial charge in [0.25, 0.3) is 0 Å². The quantitative estimate of drug-likeness (QED) is 0.825. The Kier molecular flexibility index (Phi) is 5.44. The van der Waals surface area contributed by atoms with Crippen molar-refractivity contribution in [1.82, 2.24) is 4.90 Å². The zero-order valence-electron chi connectivity index (χ0n) is 13.1. The summed E-state index contributed by atoms with van der Waals surface area (Å²) in [5.41, 5.74) is 1.38. The molecule has 0 saturated carbocycles. The summed E-state index contributed by atoms with van der Waals surface area (Å²) in [6, 6.07) is 8.51. The van der Waals surface area contributed by atoms with E-state index in [1.807, 2.05) is 0 Å². The second-order valence-electron chi connectivity index (χ2n) is 5.68. The Bertz CT molecular complexity index is 404. The molecule has 1 aliphatic heterocycles. The van der Waals surface area contributed by atoms with Gasteiger partial charge in [0.05, 0.1) is 13.2 Å². The van der Waals surface area contributed by atoms with Gasteiger partial charge in [-0.3, -0.25) is 0 Å². The third-order valence-corrected chi connectivity index (χ3v) is 4.35. The molecule has 3 nitrogen and oxygen atoms in total. The maximum absolute atomic E-state index is 6.04. The molecule has 0 amide bonds. The second kappa shape index (κ2) is 7.09. The Morgan fingerprint density at radius 2 is 1.85 bits per heavy atom. The number of likely N-dealkylation sites (tertiary alicyclic amines) is 1. The zero-order chi connectivity index (χ0) is 14.5. The number of nitrogens with zero attached hydrogens (tertiary/aromatic N) is 1. The summed E-state index contributed by atoms with van der Waals surface area (Å²) in [6.45, 7) is 7.31. The van der Waals surface area contributed by atoms with E-state index in [0.717, 1.165) is 25.4 Å². The van der Waals surface area contributed by atoms with E-state index in [1.54, 1.807) is 7.11 Å². The molecule has 1 saturated heterocycles. The van der Waals surface area contributed by atoms with Crippen LogP contribution in [0, 0.1) is 5.92 Å². The number of ether oxygens (including phenoxy) is 2. The molecule has 1 aromatic rings. The van der Waals surface area contributed by atoms with Gasteiger partial charge in [-0.1, -0.05) is 25.5 Å². The summed E-state index contributed by atoms with van der Waals surface area (Å²) in [4.78, 5) is 2.40. The third kappa shape index (κ3) is 3.33. The molecule has 1 fully saturated rings. The molecule has 1 aliphatic rings. The van der Waals surface area contributed by atoms with Crippen LogP contribution in [0.1, 0.15) is 31.7 Å². The lowest BCUT2D eigenvalue weighted by Gasteiger charge is -2.42. The third-order valence-electron chi connectivity index (χ3n) is 4.35. The predicted octanol–water partition coefficient (Wildman–Crippen LogP) is 3.16. The molecule has 3 atom stereocenters. The van der Waals surface area contributed by atoms with Gasteiger partial charge >= 0.3 is 0 Å². The molecule has 0 spiro atoms. The van der Waals surface area contributed by atoms with Gasteiger partial charge in [0.2, 0.25) is 0 Å². The lowest BCUT2D eigenvalue weighted by molar-refractivity contribution is -0.0255. The molecule has 0 radical (unpaired) electrons. The highest BCUT2D eigenvalue weighted by molar-refractivity contribution is 5.31. The number of methoxy groups -OCH3 is 1. The van der Waals surface area contributed by atoms with Crippen LogP contribution < -0.4 is 4.74 Å². The number of piperidine rings is 1. The van der Waals surface area contributed by atoms with E-state index in [2.05, 4.69) is 50.1 Å². The Morgan fingerprint density at radius 1 is 1.15 bits per heavy atom. The fraction of sp³-hybridized carbons (Fsp3) is 0.647. The highest BCUT2D eigenvalue weighted by atomic mass is 16.5. The Morgan fingerprint density at radius 3 is 2.40 bits per heavy atom. The molecule has 1 heterocycles. The molecular weight excluding hydrogens is 250 g/mol. The molecular formula is C17H27NO2. The second-order valence-corrected chi connectivity index (χ2v) is 5.68. The van der Waals surface area contributed by atoms with Crippen molar-refractivity contribution in [3.05, 3.63) is 29.8 Å². The van der Waals surface area contributed by atoms with E-state index in [4.69, 9.17) is 9.47 Å². The number of hydrogen-bond donors (Lipinski definition) is 0. The fourth-order valence-corrected chi connectivity index (χ4v) is 3.38. The van der Waals surface area contributed by atoms with Crippen LogP contribution in [0.3, 0.4) is 0 Å². The summed E-state index contributed by atoms with van der Waals surface area (Å²) in [7, 11) is 3.90. The first-order valence-corrected chi connectivity index (χ1v) is 7.63. The van der Waals surface area contributed by atoms with Gasteiger partial charge in [0, 0.05) is 25.6 Å². The van der Waals surface area contributed by atoms with E-state index in [-0.39, 0.29) is 6.10 Å². The molecule has 0 aliphatic carbocycles. The minimum atomic E-state index is 0.289. The van der Waals surface area contributed by atoms with Crippen molar-refractivity contribution in [1.29, 1.82) is 0 Å². The lowest BCUT2D eigenvalue weighted by Crippen LogP contribution is -2.47. The average Bonchev–Trinajstić information content (AvgIpc) is 2.47. The van der Waals surface area contributed by atoms with Gasteiger partial charge < -0.3 is 14.4 Å². The summed E-state index contributed by atoms with van der Waals surface area (Å²) in [5, 5.41) is 0. The number of likely N-dealkylation sites (N-methyl/N-ethyl adjacent to an activating group) is 1. The monoisotopic (exact) mass is 277 g/mol. The maximum atomic E-state index is 6.04. The molecule has 3 unspecified atom stereocenters. The number of hydrogen-bond acceptors (Lipinski definition) is 3. The number of benzene rings is 1. The first-order valence-electron chi connectivity index (χ1n) is 7.63. The van der Waals surface area contributed by atoms with E-state index in [9.17, 15) is 0 Å². The summed E-state index contributed by atoms with van der Waals surface area (Å²) in [6.07, 6.45) is 1.47. The Hall–Kier alpha value is -1.06. The van der Waals surface area contributed by atoms with Crippen LogP contribution in [0.15, 0.2) is 24.3 Å². The SMILES string of the molecule is CCOC1CN(C)CC(CC)C1c1ccc(OC)cc1. The van der Waals surface area contributed by atoms with E-state index in [1.165, 1.54) is 12.0 Å². The first kappa shape index (κ1) is 15.3. The van der Waals surface area contributed by atoms with Gasteiger partial charge in [-0.25, -0.2) is 0 Å². The van der Waals surface area contributed by atoms with Gasteiger partial charge in [0.1, 0.15) is 5.75 Å². The van der Waals surface area contributed by atoms with Crippen molar-refractivity contribution in [3.8, 4) is 5.75 Å². The average molecular weight is 277 g/mol. The smallest absolute Gasteiger partial charge is 0.118 e. The molecule has 20 heavy (non-hydrogen) atoms.